The summed E-state index contributed by atoms with van der Waals surface area (Å²) in [7, 11) is 0. The van der Waals surface area contributed by atoms with E-state index < -0.39 is 47.7 Å². The quantitative estimate of drug-likeness (QED) is 0.0806. The summed E-state index contributed by atoms with van der Waals surface area (Å²) in [5.41, 5.74) is 5.65. The van der Waals surface area contributed by atoms with E-state index in [1.165, 1.54) is 35.5 Å². The number of hydrogen-bond acceptors (Lipinski definition) is 12. The van der Waals surface area contributed by atoms with Crippen LogP contribution in [-0.4, -0.2) is 93.6 Å². The first-order valence-corrected chi connectivity index (χ1v) is 20.2. The van der Waals surface area contributed by atoms with Crippen LogP contribution in [0.5, 0.6) is 11.5 Å². The van der Waals surface area contributed by atoms with Gasteiger partial charge in [0.15, 0.2) is 0 Å². The molecule has 1 aliphatic heterocycles. The number of halogens is 3. The predicted molar refractivity (Wildman–Crippen MR) is 222 cm³/mol. The molecule has 6 rings (SSSR count). The second-order valence-electron chi connectivity index (χ2n) is 15.4. The molecule has 1 fully saturated rings. The first-order chi connectivity index (χ1) is 29.0. The number of aliphatic hydroxyl groups is 1. The highest BCUT2D eigenvalue weighted by molar-refractivity contribution is 7.13. The summed E-state index contributed by atoms with van der Waals surface area (Å²) in [5.74, 6) is -0.852. The van der Waals surface area contributed by atoms with Gasteiger partial charge >= 0.3 is 6.36 Å². The molecule has 0 bridgehead atoms. The molecule has 2 unspecified atom stereocenters. The molecule has 61 heavy (non-hydrogen) atoms. The summed E-state index contributed by atoms with van der Waals surface area (Å²) >= 11 is 1.56. The van der Waals surface area contributed by atoms with Crippen LogP contribution >= 0.6 is 11.3 Å². The summed E-state index contributed by atoms with van der Waals surface area (Å²) in [6, 6.07) is 19.9. The van der Waals surface area contributed by atoms with Gasteiger partial charge in [-0.15, -0.1) is 24.5 Å². The van der Waals surface area contributed by atoms with Crippen LogP contribution < -0.4 is 25.4 Å². The maximum Gasteiger partial charge on any atom is 0.573 e. The van der Waals surface area contributed by atoms with Crippen molar-refractivity contribution in [2.45, 2.75) is 65.2 Å². The van der Waals surface area contributed by atoms with E-state index in [1.54, 1.807) is 61.9 Å². The normalized spacial score (nSPS) is 15.8. The van der Waals surface area contributed by atoms with E-state index in [-0.39, 0.29) is 45.1 Å². The third kappa shape index (κ3) is 12.5. The van der Waals surface area contributed by atoms with E-state index in [0.717, 1.165) is 21.7 Å². The van der Waals surface area contributed by atoms with Crippen molar-refractivity contribution >= 4 is 40.6 Å². The number of benzene rings is 3. The molecule has 0 radical (unpaired) electrons. The Morgan fingerprint density at radius 3 is 2.38 bits per heavy atom. The zero-order valence-electron chi connectivity index (χ0n) is 33.9. The number of nitrogens with zero attached hydrogens (tertiary/aromatic N) is 4. The number of anilines is 2. The fraction of sp³-hybridized carbons (Fsp3) is 0.349. The maximum absolute atomic E-state index is 14.0. The van der Waals surface area contributed by atoms with Gasteiger partial charge in [0, 0.05) is 36.8 Å². The number of amides is 3. The minimum absolute atomic E-state index is 0.0475. The van der Waals surface area contributed by atoms with Crippen LogP contribution in [0.25, 0.3) is 21.7 Å². The van der Waals surface area contributed by atoms with Gasteiger partial charge in [-0.1, -0.05) is 57.2 Å². The van der Waals surface area contributed by atoms with Crippen molar-refractivity contribution in [1.29, 1.82) is 0 Å². The lowest BCUT2D eigenvalue weighted by Crippen LogP contribution is -2.58. The number of thiazole rings is 1. The van der Waals surface area contributed by atoms with Crippen molar-refractivity contribution in [3.63, 3.8) is 0 Å². The number of carbonyl (C=O) groups excluding carboxylic acids is 3. The van der Waals surface area contributed by atoms with E-state index in [0.29, 0.717) is 28.5 Å². The Balaban J connectivity index is 0.964. The Labute approximate surface area is 354 Å². The Bertz CT molecular complexity index is 2290. The van der Waals surface area contributed by atoms with Crippen LogP contribution in [0.2, 0.25) is 0 Å². The van der Waals surface area contributed by atoms with Gasteiger partial charge in [0.2, 0.25) is 17.7 Å². The fourth-order valence-corrected chi connectivity index (χ4v) is 7.39. The van der Waals surface area contributed by atoms with Crippen molar-refractivity contribution in [2.75, 3.05) is 31.7 Å². The van der Waals surface area contributed by atoms with Gasteiger partial charge in [0.05, 0.1) is 34.5 Å². The first-order valence-electron chi connectivity index (χ1n) is 19.3. The zero-order chi connectivity index (χ0) is 43.7. The lowest BCUT2D eigenvalue weighted by Gasteiger charge is -2.35. The molecular formula is C43H46F3N7O7S. The van der Waals surface area contributed by atoms with Crippen molar-refractivity contribution in [3.8, 4) is 33.2 Å². The minimum atomic E-state index is -4.79. The number of hydrogen-bond donors (Lipinski definition) is 4. The standard InChI is InChI=1S/C43H46F3N7O7S/c1-26-38(61-25-50-26)28-10-8-27(9-11-28)21-47-40(56)35-19-31(54)22-53(35)41(57)39(42(2,3)4)52-37(55)23-58-16-17-59-33-7-5-6-29(18-33)34-20-36(49-24-48-34)51-30-12-14-32(15-13-30)60-43(44,45)46/h5-15,18,20,24-25,31,35,39,54H,16-17,19,21-23H2,1-4H3,(H,47,56)(H,52,55)(H,48,49,51)/t31?,35?,39-/m1/s1. The highest BCUT2D eigenvalue weighted by Gasteiger charge is 2.44. The summed E-state index contributed by atoms with van der Waals surface area (Å²) in [6.07, 6.45) is -4.27. The molecule has 3 aromatic carbocycles. The molecule has 0 spiro atoms. The van der Waals surface area contributed by atoms with Crippen LogP contribution in [0, 0.1) is 12.3 Å². The number of rotatable bonds is 16. The Kier molecular flexibility index (Phi) is 14.2. The van der Waals surface area contributed by atoms with Crippen LogP contribution in [0.15, 0.2) is 90.7 Å². The molecule has 18 heteroatoms. The number of aliphatic hydroxyl groups excluding tert-OH is 1. The van der Waals surface area contributed by atoms with E-state index in [9.17, 15) is 32.7 Å². The van der Waals surface area contributed by atoms with Gasteiger partial charge in [-0.2, -0.15) is 0 Å². The zero-order valence-corrected chi connectivity index (χ0v) is 34.7. The lowest BCUT2D eigenvalue weighted by atomic mass is 9.85. The van der Waals surface area contributed by atoms with Crippen LogP contribution in [0.1, 0.15) is 38.4 Å². The van der Waals surface area contributed by atoms with E-state index in [1.807, 2.05) is 37.3 Å². The molecule has 3 heterocycles. The Morgan fingerprint density at radius 2 is 1.69 bits per heavy atom. The maximum atomic E-state index is 14.0. The molecule has 0 saturated carbocycles. The number of aryl methyl sites for hydroxylation is 1. The molecule has 2 aromatic heterocycles. The molecule has 3 amide bonds. The first kappa shape index (κ1) is 44.4. The summed E-state index contributed by atoms with van der Waals surface area (Å²) in [6.45, 7) is 7.33. The van der Waals surface area contributed by atoms with Crippen molar-refractivity contribution in [3.05, 3.63) is 102 Å². The average Bonchev–Trinajstić information content (AvgIpc) is 3.84. The average molecular weight is 862 g/mol. The highest BCUT2D eigenvalue weighted by atomic mass is 32.1. The Morgan fingerprint density at radius 1 is 0.934 bits per heavy atom. The van der Waals surface area contributed by atoms with E-state index in [2.05, 4.69) is 35.6 Å². The SMILES string of the molecule is Cc1ncsc1-c1ccc(CNC(=O)C2CC(O)CN2C(=O)[C@@H](NC(=O)COCCOc2cccc(-c3cc(Nc4ccc(OC(F)(F)F)cc4)ncn3)c2)C(C)(C)C)cc1. The van der Waals surface area contributed by atoms with Gasteiger partial charge in [0.1, 0.15) is 48.9 Å². The Hall–Kier alpha value is -6.11. The third-order valence-corrected chi connectivity index (χ3v) is 10.6. The summed E-state index contributed by atoms with van der Waals surface area (Å²) in [5, 5.41) is 19.2. The van der Waals surface area contributed by atoms with Crippen molar-refractivity contribution in [1.82, 2.24) is 30.5 Å². The van der Waals surface area contributed by atoms with Crippen LogP contribution in [0.4, 0.5) is 24.7 Å². The number of ether oxygens (including phenoxy) is 3. The van der Waals surface area contributed by atoms with Crippen LogP contribution in [0.3, 0.4) is 0 Å². The number of nitrogens with one attached hydrogen (secondary N) is 3. The molecule has 14 nitrogen and oxygen atoms in total. The molecule has 5 aromatic rings. The monoisotopic (exact) mass is 861 g/mol. The molecule has 3 atom stereocenters. The lowest BCUT2D eigenvalue weighted by molar-refractivity contribution is -0.274. The van der Waals surface area contributed by atoms with Gasteiger partial charge in [0.25, 0.3) is 0 Å². The number of β-amino-alcohol motifs (C(OH)–C–C–N with tert-alkyl or cyclic N) is 1. The van der Waals surface area contributed by atoms with Crippen LogP contribution in [-0.2, 0) is 25.7 Å². The van der Waals surface area contributed by atoms with Gasteiger partial charge < -0.3 is 40.2 Å². The number of aromatic nitrogens is 3. The number of likely N-dealkylation sites (tertiary alicyclic amines) is 1. The van der Waals surface area contributed by atoms with Crippen molar-refractivity contribution in [2.24, 2.45) is 5.41 Å². The smallest absolute Gasteiger partial charge is 0.491 e. The largest absolute Gasteiger partial charge is 0.573 e. The number of carbonyl (C=O) groups is 3. The highest BCUT2D eigenvalue weighted by Crippen LogP contribution is 2.30. The second-order valence-corrected chi connectivity index (χ2v) is 16.2. The van der Waals surface area contributed by atoms with Gasteiger partial charge in [-0.05, 0) is 59.9 Å². The molecule has 4 N–H and O–H groups in total. The molecule has 1 saturated heterocycles. The molecule has 1 aliphatic rings. The number of alkyl halides is 3. The molecule has 0 aliphatic carbocycles. The third-order valence-electron chi connectivity index (χ3n) is 9.60. The van der Waals surface area contributed by atoms with Gasteiger partial charge in [-0.3, -0.25) is 14.4 Å². The summed E-state index contributed by atoms with van der Waals surface area (Å²) < 4.78 is 52.8. The topological polar surface area (TPSA) is 177 Å². The van der Waals surface area contributed by atoms with E-state index in [4.69, 9.17) is 9.47 Å². The second kappa shape index (κ2) is 19.5. The molecular weight excluding hydrogens is 816 g/mol. The van der Waals surface area contributed by atoms with Crippen molar-refractivity contribution < 1.29 is 46.9 Å². The van der Waals surface area contributed by atoms with E-state index >= 15 is 0 Å². The predicted octanol–water partition coefficient (Wildman–Crippen LogP) is 6.42. The molecule has 322 valence electrons. The minimum Gasteiger partial charge on any atom is -0.491 e. The van der Waals surface area contributed by atoms with Gasteiger partial charge in [-0.25, -0.2) is 15.0 Å². The summed E-state index contributed by atoms with van der Waals surface area (Å²) in [4.78, 5) is 55.7. The fourth-order valence-electron chi connectivity index (χ4n) is 6.58.